The maximum absolute atomic E-state index is 8.76. The number of hydrogen-bond donors (Lipinski definition) is 2. The zero-order valence-electron chi connectivity index (χ0n) is 10.3. The van der Waals surface area contributed by atoms with Gasteiger partial charge in [0.2, 0.25) is 0 Å². The Kier molecular flexibility index (Phi) is 4.81. The third kappa shape index (κ3) is 3.61. The van der Waals surface area contributed by atoms with Crippen molar-refractivity contribution in [3.8, 4) is 5.75 Å². The molecule has 7 heteroatoms. The molecule has 104 valence electrons. The van der Waals surface area contributed by atoms with Crippen LogP contribution in [0.5, 0.6) is 5.75 Å². The molecule has 0 aliphatic rings. The lowest BCUT2D eigenvalue weighted by Crippen LogP contribution is -2.14. The van der Waals surface area contributed by atoms with Gasteiger partial charge in [-0.1, -0.05) is 16.8 Å². The van der Waals surface area contributed by atoms with Crippen molar-refractivity contribution in [2.75, 3.05) is 0 Å². The second-order valence-corrected chi connectivity index (χ2v) is 5.28. The molecular formula is C13H11BrClN3O2. The van der Waals surface area contributed by atoms with Crippen molar-refractivity contribution < 1.29 is 9.94 Å². The number of ether oxygens (including phenoxy) is 1. The summed E-state index contributed by atoms with van der Waals surface area (Å²) in [4.78, 5) is 4.05. The largest absolute Gasteiger partial charge is 0.488 e. The highest BCUT2D eigenvalue weighted by atomic mass is 79.9. The number of oxime groups is 1. The molecular weight excluding hydrogens is 346 g/mol. The van der Waals surface area contributed by atoms with Crippen LogP contribution in [-0.4, -0.2) is 16.0 Å². The van der Waals surface area contributed by atoms with Gasteiger partial charge in [-0.25, -0.2) is 0 Å². The molecule has 0 amide bonds. The van der Waals surface area contributed by atoms with Crippen LogP contribution in [0.4, 0.5) is 0 Å². The van der Waals surface area contributed by atoms with Gasteiger partial charge in [0.25, 0.3) is 0 Å². The van der Waals surface area contributed by atoms with Crippen LogP contribution in [0, 0.1) is 0 Å². The van der Waals surface area contributed by atoms with Crippen molar-refractivity contribution in [3.63, 3.8) is 0 Å². The van der Waals surface area contributed by atoms with E-state index in [1.54, 1.807) is 30.6 Å². The fraction of sp³-hybridized carbons (Fsp3) is 0.0769. The van der Waals surface area contributed by atoms with Gasteiger partial charge in [-0.15, -0.1) is 0 Å². The smallest absolute Gasteiger partial charge is 0.173 e. The fourth-order valence-electron chi connectivity index (χ4n) is 1.58. The van der Waals surface area contributed by atoms with Gasteiger partial charge in [0.15, 0.2) is 5.84 Å². The first kappa shape index (κ1) is 14.6. The van der Waals surface area contributed by atoms with Crippen molar-refractivity contribution in [1.29, 1.82) is 0 Å². The Balaban J connectivity index is 2.22. The van der Waals surface area contributed by atoms with E-state index < -0.39 is 0 Å². The zero-order chi connectivity index (χ0) is 14.5. The molecule has 2 rings (SSSR count). The van der Waals surface area contributed by atoms with E-state index in [9.17, 15) is 0 Å². The molecule has 2 aromatic rings. The maximum Gasteiger partial charge on any atom is 0.173 e. The summed E-state index contributed by atoms with van der Waals surface area (Å²) in [5.74, 6) is 0.400. The summed E-state index contributed by atoms with van der Waals surface area (Å²) in [5.41, 5.74) is 6.95. The predicted molar refractivity (Wildman–Crippen MR) is 80.2 cm³/mol. The van der Waals surface area contributed by atoms with Gasteiger partial charge in [0.05, 0.1) is 5.56 Å². The van der Waals surface area contributed by atoms with E-state index >= 15 is 0 Å². The Morgan fingerprint density at radius 2 is 2.20 bits per heavy atom. The number of aromatic nitrogens is 1. The lowest BCUT2D eigenvalue weighted by Gasteiger charge is -2.11. The number of nitrogens with zero attached hydrogens (tertiary/aromatic N) is 2. The summed E-state index contributed by atoms with van der Waals surface area (Å²) in [7, 11) is 0. The second-order valence-electron chi connectivity index (χ2n) is 3.93. The van der Waals surface area contributed by atoms with Gasteiger partial charge in [0, 0.05) is 27.5 Å². The Morgan fingerprint density at radius 1 is 1.40 bits per heavy atom. The number of pyridine rings is 1. The summed E-state index contributed by atoms with van der Waals surface area (Å²) in [5, 5.41) is 12.2. The summed E-state index contributed by atoms with van der Waals surface area (Å²) >= 11 is 9.27. The molecule has 1 aromatic heterocycles. The van der Waals surface area contributed by atoms with Crippen LogP contribution < -0.4 is 10.5 Å². The standard InChI is InChI=1S/C13H11BrClN3O2/c14-9-3-8(5-17-6-9)7-20-12-4-10(15)1-2-11(12)13(16)18-19/h1-6,19H,7H2,(H2,16,18). The molecule has 1 aromatic carbocycles. The molecule has 3 N–H and O–H groups in total. The normalized spacial score (nSPS) is 11.4. The highest BCUT2D eigenvalue weighted by Crippen LogP contribution is 2.24. The summed E-state index contributed by atoms with van der Waals surface area (Å²) in [6.45, 7) is 0.290. The first-order valence-electron chi connectivity index (χ1n) is 5.60. The van der Waals surface area contributed by atoms with Gasteiger partial charge in [0.1, 0.15) is 12.4 Å². The van der Waals surface area contributed by atoms with Gasteiger partial charge in [-0.05, 0) is 40.2 Å². The van der Waals surface area contributed by atoms with Gasteiger partial charge in [-0.3, -0.25) is 4.98 Å². The van der Waals surface area contributed by atoms with Crippen LogP contribution in [0.2, 0.25) is 5.02 Å². The van der Waals surface area contributed by atoms with Crippen LogP contribution in [-0.2, 0) is 6.61 Å². The van der Waals surface area contributed by atoms with E-state index in [0.29, 0.717) is 22.9 Å². The number of rotatable bonds is 4. The first-order chi connectivity index (χ1) is 9.60. The Morgan fingerprint density at radius 3 is 2.90 bits per heavy atom. The quantitative estimate of drug-likeness (QED) is 0.381. The molecule has 0 spiro atoms. The Labute approximate surface area is 129 Å². The van der Waals surface area contributed by atoms with Crippen LogP contribution in [0.15, 0.2) is 46.3 Å². The van der Waals surface area contributed by atoms with E-state index in [-0.39, 0.29) is 5.84 Å². The average Bonchev–Trinajstić information content (AvgIpc) is 2.44. The van der Waals surface area contributed by atoms with E-state index in [4.69, 9.17) is 27.3 Å². The first-order valence-corrected chi connectivity index (χ1v) is 6.77. The molecule has 0 bridgehead atoms. The van der Waals surface area contributed by atoms with E-state index in [1.807, 2.05) is 6.07 Å². The summed E-state index contributed by atoms with van der Waals surface area (Å²) in [6.07, 6.45) is 3.38. The molecule has 1 heterocycles. The Bertz CT molecular complexity index is 649. The number of halogens is 2. The SMILES string of the molecule is N/C(=N/O)c1ccc(Cl)cc1OCc1cncc(Br)c1. The topological polar surface area (TPSA) is 80.7 Å². The number of nitrogens with two attached hydrogens (primary N) is 1. The lowest BCUT2D eigenvalue weighted by molar-refractivity contribution is 0.302. The Hall–Kier alpha value is -1.79. The molecule has 0 aliphatic carbocycles. The van der Waals surface area contributed by atoms with Gasteiger partial charge in [-0.2, -0.15) is 0 Å². The van der Waals surface area contributed by atoms with Crippen molar-refractivity contribution in [2.45, 2.75) is 6.61 Å². The lowest BCUT2D eigenvalue weighted by atomic mass is 10.2. The number of benzene rings is 1. The van der Waals surface area contributed by atoms with Crippen LogP contribution in [0.25, 0.3) is 0 Å². The third-order valence-corrected chi connectivity index (χ3v) is 3.15. The minimum Gasteiger partial charge on any atom is -0.488 e. The summed E-state index contributed by atoms with van der Waals surface area (Å²) < 4.78 is 6.53. The van der Waals surface area contributed by atoms with Gasteiger partial charge < -0.3 is 15.7 Å². The molecule has 0 saturated carbocycles. The highest BCUT2D eigenvalue weighted by molar-refractivity contribution is 9.10. The number of amidine groups is 1. The monoisotopic (exact) mass is 355 g/mol. The molecule has 0 fully saturated rings. The van der Waals surface area contributed by atoms with Crippen molar-refractivity contribution in [3.05, 3.63) is 57.3 Å². The van der Waals surface area contributed by atoms with Crippen molar-refractivity contribution in [2.24, 2.45) is 10.9 Å². The molecule has 0 atom stereocenters. The van der Waals surface area contributed by atoms with E-state index in [1.165, 1.54) is 0 Å². The molecule has 0 unspecified atom stereocenters. The maximum atomic E-state index is 8.76. The second kappa shape index (κ2) is 6.58. The third-order valence-electron chi connectivity index (χ3n) is 2.48. The molecule has 0 aliphatic heterocycles. The molecule has 0 saturated heterocycles. The summed E-state index contributed by atoms with van der Waals surface area (Å²) in [6, 6.07) is 6.77. The predicted octanol–water partition coefficient (Wildman–Crippen LogP) is 3.17. The zero-order valence-corrected chi connectivity index (χ0v) is 12.6. The highest BCUT2D eigenvalue weighted by Gasteiger charge is 2.09. The van der Waals surface area contributed by atoms with Crippen LogP contribution >= 0.6 is 27.5 Å². The minimum absolute atomic E-state index is 0.0379. The number of hydrogen-bond acceptors (Lipinski definition) is 4. The van der Waals surface area contributed by atoms with Crippen LogP contribution in [0.1, 0.15) is 11.1 Å². The minimum atomic E-state index is -0.0379. The van der Waals surface area contributed by atoms with E-state index in [0.717, 1.165) is 10.0 Å². The fourth-order valence-corrected chi connectivity index (χ4v) is 2.15. The van der Waals surface area contributed by atoms with Crippen LogP contribution in [0.3, 0.4) is 0 Å². The molecule has 20 heavy (non-hydrogen) atoms. The van der Waals surface area contributed by atoms with Crippen molar-refractivity contribution in [1.82, 2.24) is 4.98 Å². The molecule has 0 radical (unpaired) electrons. The van der Waals surface area contributed by atoms with Crippen molar-refractivity contribution >= 4 is 33.4 Å². The molecule has 5 nitrogen and oxygen atoms in total. The average molecular weight is 357 g/mol. The van der Waals surface area contributed by atoms with Gasteiger partial charge >= 0.3 is 0 Å². The van der Waals surface area contributed by atoms with E-state index in [2.05, 4.69) is 26.1 Å².